The van der Waals surface area contributed by atoms with E-state index < -0.39 is 0 Å². The Bertz CT molecular complexity index is 538. The zero-order chi connectivity index (χ0) is 14.4. The second-order valence-corrected chi connectivity index (χ2v) is 5.89. The van der Waals surface area contributed by atoms with E-state index >= 15 is 0 Å². The Kier molecular flexibility index (Phi) is 5.73. The lowest BCUT2D eigenvalue weighted by atomic mass is 10.0. The highest BCUT2D eigenvalue weighted by molar-refractivity contribution is 9.10. The van der Waals surface area contributed by atoms with Crippen molar-refractivity contribution < 1.29 is 0 Å². The van der Waals surface area contributed by atoms with Crippen molar-refractivity contribution in [3.8, 4) is 0 Å². The zero-order valence-electron chi connectivity index (χ0n) is 12.0. The maximum atomic E-state index is 4.19. The molecule has 0 aliphatic carbocycles. The molecular weight excluding hydrogens is 316 g/mol. The molecule has 108 valence electrons. The Balaban J connectivity index is 2.05. The second-order valence-electron chi connectivity index (χ2n) is 5.03. The van der Waals surface area contributed by atoms with E-state index in [2.05, 4.69) is 56.7 Å². The van der Waals surface area contributed by atoms with Crippen LogP contribution in [0.3, 0.4) is 0 Å². The lowest BCUT2D eigenvalue weighted by molar-refractivity contribution is 0.499. The molecule has 0 saturated heterocycles. The van der Waals surface area contributed by atoms with Crippen molar-refractivity contribution in [2.45, 2.75) is 32.2 Å². The molecule has 1 heterocycles. The molecule has 5 heteroatoms. The van der Waals surface area contributed by atoms with Crippen LogP contribution in [0.5, 0.6) is 0 Å². The smallest absolute Gasteiger partial charge is 0.0842 e. The molecule has 1 aromatic heterocycles. The van der Waals surface area contributed by atoms with Gasteiger partial charge < -0.3 is 5.32 Å². The molecule has 0 aliphatic rings. The minimum absolute atomic E-state index is 0.380. The van der Waals surface area contributed by atoms with Crippen LogP contribution in [0.4, 0.5) is 0 Å². The highest BCUT2D eigenvalue weighted by atomic mass is 79.9. The van der Waals surface area contributed by atoms with E-state index in [1.807, 2.05) is 19.3 Å². The third kappa shape index (κ3) is 4.42. The number of aromatic nitrogens is 3. The van der Waals surface area contributed by atoms with Gasteiger partial charge in [-0.1, -0.05) is 46.3 Å². The third-order valence-electron chi connectivity index (χ3n) is 3.21. The minimum Gasteiger partial charge on any atom is -0.313 e. The van der Waals surface area contributed by atoms with Gasteiger partial charge in [-0.2, -0.15) is 0 Å². The maximum absolute atomic E-state index is 4.19. The average molecular weight is 337 g/mol. The summed E-state index contributed by atoms with van der Waals surface area (Å²) >= 11 is 3.62. The molecule has 0 amide bonds. The number of hydrogen-bond acceptors (Lipinski definition) is 3. The molecule has 2 rings (SSSR count). The van der Waals surface area contributed by atoms with Crippen LogP contribution in [-0.2, 0) is 19.9 Å². The minimum atomic E-state index is 0.380. The Morgan fingerprint density at radius 3 is 2.75 bits per heavy atom. The van der Waals surface area contributed by atoms with Gasteiger partial charge in [0.2, 0.25) is 0 Å². The summed E-state index contributed by atoms with van der Waals surface area (Å²) in [5.41, 5.74) is 2.36. The number of hydrogen-bond donors (Lipinski definition) is 1. The quantitative estimate of drug-likeness (QED) is 0.845. The Morgan fingerprint density at radius 1 is 1.30 bits per heavy atom. The van der Waals surface area contributed by atoms with Crippen LogP contribution in [-0.4, -0.2) is 27.6 Å². The molecule has 1 atom stereocenters. The lowest BCUT2D eigenvalue weighted by Gasteiger charge is -2.18. The van der Waals surface area contributed by atoms with Gasteiger partial charge in [0.1, 0.15) is 0 Å². The van der Waals surface area contributed by atoms with E-state index in [1.54, 1.807) is 4.68 Å². The van der Waals surface area contributed by atoms with Crippen molar-refractivity contribution in [3.05, 3.63) is 46.2 Å². The number of rotatable bonds is 7. The zero-order valence-corrected chi connectivity index (χ0v) is 13.6. The van der Waals surface area contributed by atoms with Crippen molar-refractivity contribution in [1.29, 1.82) is 0 Å². The maximum Gasteiger partial charge on any atom is 0.0842 e. The van der Waals surface area contributed by atoms with Crippen molar-refractivity contribution in [2.75, 3.05) is 6.54 Å². The molecule has 0 aliphatic heterocycles. The number of nitrogens with zero attached hydrogens (tertiary/aromatic N) is 3. The van der Waals surface area contributed by atoms with Gasteiger partial charge in [-0.25, -0.2) is 0 Å². The standard InChI is InChI=1S/C15H21BrN4/c1-3-8-17-13(10-14-11-20(2)19-18-14)9-12-6-4-5-7-15(12)16/h4-7,11,13,17H,3,8-10H2,1-2H3. The molecule has 0 radical (unpaired) electrons. The van der Waals surface area contributed by atoms with Gasteiger partial charge in [-0.15, -0.1) is 5.10 Å². The molecule has 0 fully saturated rings. The van der Waals surface area contributed by atoms with Crippen LogP contribution in [0.15, 0.2) is 34.9 Å². The van der Waals surface area contributed by atoms with E-state index in [0.29, 0.717) is 6.04 Å². The van der Waals surface area contributed by atoms with E-state index in [4.69, 9.17) is 0 Å². The van der Waals surface area contributed by atoms with Gasteiger partial charge >= 0.3 is 0 Å². The first kappa shape index (κ1) is 15.2. The first-order chi connectivity index (χ1) is 9.69. The van der Waals surface area contributed by atoms with Crippen LogP contribution in [0.25, 0.3) is 0 Å². The first-order valence-corrected chi connectivity index (χ1v) is 7.80. The normalized spacial score (nSPS) is 12.6. The number of benzene rings is 1. The van der Waals surface area contributed by atoms with Gasteiger partial charge in [-0.3, -0.25) is 4.68 Å². The van der Waals surface area contributed by atoms with Crippen LogP contribution in [0.1, 0.15) is 24.6 Å². The molecule has 1 N–H and O–H groups in total. The SMILES string of the molecule is CCCNC(Cc1cn(C)nn1)Cc1ccccc1Br. The fraction of sp³-hybridized carbons (Fsp3) is 0.467. The topological polar surface area (TPSA) is 42.7 Å². The van der Waals surface area contributed by atoms with E-state index in [9.17, 15) is 0 Å². The number of halogens is 1. The Labute approximate surface area is 128 Å². The highest BCUT2D eigenvalue weighted by Crippen LogP contribution is 2.18. The van der Waals surface area contributed by atoms with Crippen molar-refractivity contribution >= 4 is 15.9 Å². The fourth-order valence-corrected chi connectivity index (χ4v) is 2.68. The molecule has 20 heavy (non-hydrogen) atoms. The van der Waals surface area contributed by atoms with Gasteiger partial charge in [-0.05, 0) is 31.0 Å². The van der Waals surface area contributed by atoms with E-state index in [1.165, 1.54) is 10.0 Å². The lowest BCUT2D eigenvalue weighted by Crippen LogP contribution is -2.34. The van der Waals surface area contributed by atoms with Crippen molar-refractivity contribution in [1.82, 2.24) is 20.3 Å². The summed E-state index contributed by atoms with van der Waals surface area (Å²) in [6, 6.07) is 8.77. The number of nitrogens with one attached hydrogen (secondary N) is 1. The summed E-state index contributed by atoms with van der Waals surface area (Å²) in [5.74, 6) is 0. The van der Waals surface area contributed by atoms with E-state index in [0.717, 1.165) is 31.5 Å². The summed E-state index contributed by atoms with van der Waals surface area (Å²) in [7, 11) is 1.90. The molecular formula is C15H21BrN4. The summed E-state index contributed by atoms with van der Waals surface area (Å²) in [5, 5.41) is 11.8. The van der Waals surface area contributed by atoms with Crippen molar-refractivity contribution in [3.63, 3.8) is 0 Å². The molecule has 0 saturated carbocycles. The second kappa shape index (κ2) is 7.55. The number of aryl methyl sites for hydroxylation is 1. The molecule has 0 bridgehead atoms. The first-order valence-electron chi connectivity index (χ1n) is 7.01. The summed E-state index contributed by atoms with van der Waals surface area (Å²) in [6.45, 7) is 3.21. The predicted molar refractivity (Wildman–Crippen MR) is 84.6 cm³/mol. The van der Waals surface area contributed by atoms with Gasteiger partial charge in [0.05, 0.1) is 5.69 Å². The average Bonchev–Trinajstić information content (AvgIpc) is 2.84. The summed E-state index contributed by atoms with van der Waals surface area (Å²) in [4.78, 5) is 0. The highest BCUT2D eigenvalue weighted by Gasteiger charge is 2.13. The van der Waals surface area contributed by atoms with Gasteiger partial charge in [0.15, 0.2) is 0 Å². The Morgan fingerprint density at radius 2 is 2.10 bits per heavy atom. The predicted octanol–water partition coefficient (Wildman–Crippen LogP) is 2.73. The van der Waals surface area contributed by atoms with Crippen LogP contribution in [0, 0.1) is 0 Å². The molecule has 1 aromatic carbocycles. The molecule has 1 unspecified atom stereocenters. The largest absolute Gasteiger partial charge is 0.313 e. The fourth-order valence-electron chi connectivity index (χ4n) is 2.24. The summed E-state index contributed by atoms with van der Waals surface area (Å²) < 4.78 is 2.92. The van der Waals surface area contributed by atoms with E-state index in [-0.39, 0.29) is 0 Å². The van der Waals surface area contributed by atoms with Crippen molar-refractivity contribution in [2.24, 2.45) is 7.05 Å². The van der Waals surface area contributed by atoms with Crippen LogP contribution in [0.2, 0.25) is 0 Å². The van der Waals surface area contributed by atoms with Gasteiger partial charge in [0, 0.05) is 30.2 Å². The molecule has 2 aromatic rings. The Hall–Kier alpha value is -1.20. The van der Waals surface area contributed by atoms with Crippen LogP contribution < -0.4 is 5.32 Å². The monoisotopic (exact) mass is 336 g/mol. The molecule has 0 spiro atoms. The third-order valence-corrected chi connectivity index (χ3v) is 3.99. The van der Waals surface area contributed by atoms with Gasteiger partial charge in [0.25, 0.3) is 0 Å². The molecule has 4 nitrogen and oxygen atoms in total. The van der Waals surface area contributed by atoms with Crippen LogP contribution >= 0.6 is 15.9 Å². The summed E-state index contributed by atoms with van der Waals surface area (Å²) in [6.07, 6.45) is 5.00.